The molecule has 0 spiro atoms. The Hall–Kier alpha value is -0.610. The highest BCUT2D eigenvalue weighted by Crippen LogP contribution is 1.98. The summed E-state index contributed by atoms with van der Waals surface area (Å²) in [6.45, 7) is 6.18. The summed E-state index contributed by atoms with van der Waals surface area (Å²) in [6.07, 6.45) is 1.61. The summed E-state index contributed by atoms with van der Waals surface area (Å²) in [5.74, 6) is -0.833. The molecule has 2 N–H and O–H groups in total. The lowest BCUT2D eigenvalue weighted by Gasteiger charge is -2.21. The van der Waals surface area contributed by atoms with Crippen LogP contribution in [0.25, 0.3) is 0 Å². The van der Waals surface area contributed by atoms with Crippen LogP contribution in [0.15, 0.2) is 0 Å². The molecular weight excluding hydrogens is 158 g/mol. The summed E-state index contributed by atoms with van der Waals surface area (Å²) in [5, 5.41) is 10.7. The second kappa shape index (κ2) is 7.06. The Labute approximate surface area is 72.9 Å². The molecule has 1 atom stereocenters. The van der Waals surface area contributed by atoms with Crippen molar-refractivity contribution in [2.24, 2.45) is 0 Å². The number of carboxylic acid groups (broad SMARTS) is 1. The van der Waals surface area contributed by atoms with Crippen molar-refractivity contribution in [3.05, 3.63) is 0 Å². The minimum atomic E-state index is -0.833. The smallest absolute Gasteiger partial charge is 0.300 e. The zero-order valence-electron chi connectivity index (χ0n) is 7.67. The van der Waals surface area contributed by atoms with Gasteiger partial charge in [0.2, 0.25) is 0 Å². The van der Waals surface area contributed by atoms with Gasteiger partial charge in [-0.2, -0.15) is 0 Å². The molecule has 0 aromatic rings. The van der Waals surface area contributed by atoms with Crippen LogP contribution in [0.3, 0.4) is 0 Å². The molecule has 1 rings (SSSR count). The third-order valence-corrected chi connectivity index (χ3v) is 1.46. The van der Waals surface area contributed by atoms with E-state index in [0.717, 1.165) is 33.0 Å². The van der Waals surface area contributed by atoms with E-state index < -0.39 is 5.97 Å². The van der Waals surface area contributed by atoms with Gasteiger partial charge >= 0.3 is 0 Å². The Bertz CT molecular complexity index is 117. The van der Waals surface area contributed by atoms with Crippen molar-refractivity contribution in [2.75, 3.05) is 19.7 Å². The van der Waals surface area contributed by atoms with Crippen LogP contribution in [-0.2, 0) is 9.53 Å². The summed E-state index contributed by atoms with van der Waals surface area (Å²) in [4.78, 5) is 9.00. The molecule has 0 aliphatic carbocycles. The maximum absolute atomic E-state index is 9.00. The first-order valence-corrected chi connectivity index (χ1v) is 4.18. The van der Waals surface area contributed by atoms with Crippen molar-refractivity contribution in [2.45, 2.75) is 26.4 Å². The molecule has 0 aromatic heterocycles. The topological polar surface area (TPSA) is 58.6 Å². The molecule has 1 aliphatic heterocycles. The van der Waals surface area contributed by atoms with Crippen LogP contribution in [0, 0.1) is 0 Å². The van der Waals surface area contributed by atoms with Crippen LogP contribution in [0.2, 0.25) is 0 Å². The Kier molecular flexibility index (Phi) is 6.70. The number of aliphatic carboxylic acids is 1. The van der Waals surface area contributed by atoms with Gasteiger partial charge in [0.1, 0.15) is 0 Å². The van der Waals surface area contributed by atoms with Crippen molar-refractivity contribution in [3.8, 4) is 0 Å². The van der Waals surface area contributed by atoms with Gasteiger partial charge in [-0.25, -0.2) is 0 Å². The molecule has 4 heteroatoms. The third kappa shape index (κ3) is 7.50. The van der Waals surface area contributed by atoms with E-state index in [9.17, 15) is 0 Å². The molecule has 4 nitrogen and oxygen atoms in total. The molecule has 0 bridgehead atoms. The summed E-state index contributed by atoms with van der Waals surface area (Å²) >= 11 is 0. The first kappa shape index (κ1) is 11.4. The number of ether oxygens (including phenoxy) is 1. The van der Waals surface area contributed by atoms with Crippen LogP contribution in [0.4, 0.5) is 0 Å². The van der Waals surface area contributed by atoms with Crippen molar-refractivity contribution in [3.63, 3.8) is 0 Å². The Balaban J connectivity index is 0.000000261. The van der Waals surface area contributed by atoms with Gasteiger partial charge in [0.25, 0.3) is 5.97 Å². The summed E-state index contributed by atoms with van der Waals surface area (Å²) in [5.41, 5.74) is 0. The molecule has 0 radical (unpaired) electrons. The van der Waals surface area contributed by atoms with E-state index in [1.165, 1.54) is 0 Å². The molecule has 1 heterocycles. The summed E-state index contributed by atoms with van der Waals surface area (Å²) in [7, 11) is 0. The SMILES string of the molecule is CC(=O)O.CCC1CNCCO1. The fourth-order valence-electron chi connectivity index (χ4n) is 0.882. The van der Waals surface area contributed by atoms with Crippen molar-refractivity contribution < 1.29 is 14.6 Å². The molecule has 1 saturated heterocycles. The van der Waals surface area contributed by atoms with E-state index in [1.807, 2.05) is 0 Å². The van der Waals surface area contributed by atoms with Gasteiger partial charge in [-0.3, -0.25) is 4.79 Å². The number of hydrogen-bond acceptors (Lipinski definition) is 3. The van der Waals surface area contributed by atoms with Crippen molar-refractivity contribution in [1.29, 1.82) is 0 Å². The van der Waals surface area contributed by atoms with E-state index >= 15 is 0 Å². The van der Waals surface area contributed by atoms with E-state index in [1.54, 1.807) is 0 Å². The number of carbonyl (C=O) groups is 1. The second-order valence-corrected chi connectivity index (χ2v) is 2.62. The molecule has 0 amide bonds. The lowest BCUT2D eigenvalue weighted by Crippen LogP contribution is -2.37. The van der Waals surface area contributed by atoms with Gasteiger partial charge in [0.15, 0.2) is 0 Å². The fourth-order valence-corrected chi connectivity index (χ4v) is 0.882. The number of hydrogen-bond donors (Lipinski definition) is 2. The molecule has 1 unspecified atom stereocenters. The summed E-state index contributed by atoms with van der Waals surface area (Å²) < 4.78 is 5.36. The predicted octanol–water partition coefficient (Wildman–Crippen LogP) is 0.476. The lowest BCUT2D eigenvalue weighted by atomic mass is 10.2. The molecule has 12 heavy (non-hydrogen) atoms. The first-order valence-electron chi connectivity index (χ1n) is 4.18. The number of carboxylic acids is 1. The van der Waals surface area contributed by atoms with Crippen molar-refractivity contribution >= 4 is 5.97 Å². The van der Waals surface area contributed by atoms with Gasteiger partial charge in [-0.05, 0) is 6.42 Å². The molecule has 0 saturated carbocycles. The maximum atomic E-state index is 9.00. The van der Waals surface area contributed by atoms with Gasteiger partial charge in [0, 0.05) is 20.0 Å². The van der Waals surface area contributed by atoms with Gasteiger partial charge in [0.05, 0.1) is 12.7 Å². The minimum Gasteiger partial charge on any atom is -0.481 e. The third-order valence-electron chi connectivity index (χ3n) is 1.46. The molecule has 72 valence electrons. The average Bonchev–Trinajstić information content (AvgIpc) is 2.05. The highest BCUT2D eigenvalue weighted by atomic mass is 16.5. The van der Waals surface area contributed by atoms with Crippen LogP contribution in [0.1, 0.15) is 20.3 Å². The molecule has 1 fully saturated rings. The van der Waals surface area contributed by atoms with Gasteiger partial charge in [-0.1, -0.05) is 6.92 Å². The number of nitrogens with one attached hydrogen (secondary N) is 1. The standard InChI is InChI=1S/C6H13NO.C2H4O2/c1-2-6-5-7-3-4-8-6;1-2(3)4/h6-7H,2-5H2,1H3;1H3,(H,3,4). The first-order chi connectivity index (χ1) is 5.66. The predicted molar refractivity (Wildman–Crippen MR) is 46.2 cm³/mol. The normalized spacial score (nSPS) is 22.3. The van der Waals surface area contributed by atoms with Crippen LogP contribution < -0.4 is 5.32 Å². The zero-order valence-corrected chi connectivity index (χ0v) is 7.67. The molecular formula is C8H17NO3. The van der Waals surface area contributed by atoms with Crippen LogP contribution in [0.5, 0.6) is 0 Å². The monoisotopic (exact) mass is 175 g/mol. The molecule has 0 aromatic carbocycles. The molecule has 1 aliphatic rings. The Morgan fingerprint density at radius 1 is 1.75 bits per heavy atom. The zero-order chi connectivity index (χ0) is 9.40. The quantitative estimate of drug-likeness (QED) is 0.608. The van der Waals surface area contributed by atoms with Crippen molar-refractivity contribution in [1.82, 2.24) is 5.32 Å². The lowest BCUT2D eigenvalue weighted by molar-refractivity contribution is -0.134. The van der Waals surface area contributed by atoms with E-state index in [4.69, 9.17) is 14.6 Å². The minimum absolute atomic E-state index is 0.476. The van der Waals surface area contributed by atoms with E-state index in [2.05, 4.69) is 12.2 Å². The van der Waals surface area contributed by atoms with E-state index in [0.29, 0.717) is 6.10 Å². The number of rotatable bonds is 1. The highest BCUT2D eigenvalue weighted by molar-refractivity contribution is 5.62. The van der Waals surface area contributed by atoms with Crippen LogP contribution >= 0.6 is 0 Å². The maximum Gasteiger partial charge on any atom is 0.300 e. The average molecular weight is 175 g/mol. The summed E-state index contributed by atoms with van der Waals surface area (Å²) in [6, 6.07) is 0. The Morgan fingerprint density at radius 3 is 2.58 bits per heavy atom. The van der Waals surface area contributed by atoms with E-state index in [-0.39, 0.29) is 0 Å². The second-order valence-electron chi connectivity index (χ2n) is 2.62. The number of morpholine rings is 1. The van der Waals surface area contributed by atoms with Gasteiger partial charge < -0.3 is 15.2 Å². The largest absolute Gasteiger partial charge is 0.481 e. The fraction of sp³-hybridized carbons (Fsp3) is 0.875. The Morgan fingerprint density at radius 2 is 2.33 bits per heavy atom. The highest BCUT2D eigenvalue weighted by Gasteiger charge is 2.08. The van der Waals surface area contributed by atoms with Crippen LogP contribution in [-0.4, -0.2) is 36.9 Å². The van der Waals surface area contributed by atoms with Gasteiger partial charge in [-0.15, -0.1) is 0 Å².